The monoisotopic (exact) mass is 420 g/mol. The summed E-state index contributed by atoms with van der Waals surface area (Å²) in [5.74, 6) is -3.92. The van der Waals surface area contributed by atoms with Gasteiger partial charge in [-0.25, -0.2) is 0 Å². The lowest BCUT2D eigenvalue weighted by Gasteiger charge is -2.56. The van der Waals surface area contributed by atoms with Crippen LogP contribution in [-0.4, -0.2) is 79.8 Å². The van der Waals surface area contributed by atoms with E-state index >= 15 is 0 Å². The molecule has 3 aliphatic carbocycles. The molecule has 0 radical (unpaired) electrons. The topological polar surface area (TPSA) is 132 Å². The smallest absolute Gasteiger partial charge is 0.205 e. The molecule has 6 aliphatic rings. The highest BCUT2D eigenvalue weighted by molar-refractivity contribution is 6.03. The molecule has 0 aromatic rings. The molecule has 0 aromatic heterocycles. The minimum absolute atomic E-state index is 0.173. The van der Waals surface area contributed by atoms with Crippen LogP contribution in [0.4, 0.5) is 0 Å². The van der Waals surface area contributed by atoms with Crippen LogP contribution < -0.4 is 0 Å². The number of aliphatic hydroxyl groups is 4. The highest BCUT2D eigenvalue weighted by atomic mass is 16.7. The van der Waals surface area contributed by atoms with Gasteiger partial charge in [0.1, 0.15) is 24.4 Å². The average Bonchev–Trinajstić information content (AvgIpc) is 3.51. The lowest BCUT2D eigenvalue weighted by Crippen LogP contribution is -2.68. The summed E-state index contributed by atoms with van der Waals surface area (Å²) in [5.41, 5.74) is -2.84. The number of hydrogen-bond donors (Lipinski definition) is 4. The fraction of sp³-hybridized carbons (Fsp3) is 0.773. The first-order chi connectivity index (χ1) is 13.8. The van der Waals surface area contributed by atoms with E-state index in [9.17, 15) is 25.2 Å². The maximum absolute atomic E-state index is 13.0. The van der Waals surface area contributed by atoms with E-state index in [-0.39, 0.29) is 5.78 Å². The van der Waals surface area contributed by atoms with Crippen molar-refractivity contribution >= 4 is 5.78 Å². The van der Waals surface area contributed by atoms with Crippen LogP contribution in [0.3, 0.4) is 0 Å². The molecule has 0 spiro atoms. The van der Waals surface area contributed by atoms with Crippen LogP contribution in [0.15, 0.2) is 23.8 Å². The fourth-order valence-electron chi connectivity index (χ4n) is 6.90. The van der Waals surface area contributed by atoms with Crippen molar-refractivity contribution in [3.8, 4) is 0 Å². The molecule has 4 N–H and O–H groups in total. The minimum Gasteiger partial charge on any atom is -0.390 e. The van der Waals surface area contributed by atoms with Gasteiger partial charge in [-0.2, -0.15) is 0 Å². The zero-order valence-electron chi connectivity index (χ0n) is 17.4. The third-order valence-corrected chi connectivity index (χ3v) is 8.10. The van der Waals surface area contributed by atoms with Gasteiger partial charge >= 0.3 is 0 Å². The Hall–Kier alpha value is -1.13. The predicted molar refractivity (Wildman–Crippen MR) is 101 cm³/mol. The van der Waals surface area contributed by atoms with Crippen LogP contribution in [-0.2, 0) is 19.0 Å². The Morgan fingerprint density at radius 3 is 2.50 bits per heavy atom. The van der Waals surface area contributed by atoms with Gasteiger partial charge in [0.05, 0.1) is 28.8 Å². The van der Waals surface area contributed by atoms with Gasteiger partial charge in [0.2, 0.25) is 5.79 Å². The van der Waals surface area contributed by atoms with E-state index < -0.39 is 76.8 Å². The molecule has 11 atom stereocenters. The molecular formula is C22H28O8. The van der Waals surface area contributed by atoms with Gasteiger partial charge in [0.25, 0.3) is 0 Å². The van der Waals surface area contributed by atoms with Crippen molar-refractivity contribution in [2.24, 2.45) is 23.2 Å². The highest BCUT2D eigenvalue weighted by Crippen LogP contribution is 2.72. The number of ketones is 1. The summed E-state index contributed by atoms with van der Waals surface area (Å²) in [4.78, 5) is 13.0. The summed E-state index contributed by atoms with van der Waals surface area (Å²) in [6.07, 6.45) is 0.494. The van der Waals surface area contributed by atoms with E-state index in [1.165, 1.54) is 0 Å². The Balaban J connectivity index is 1.63. The summed E-state index contributed by atoms with van der Waals surface area (Å²) in [6.45, 7) is 6.92. The van der Waals surface area contributed by atoms with Crippen LogP contribution in [0, 0.1) is 23.2 Å². The number of ether oxygens (including phenoxy) is 3. The van der Waals surface area contributed by atoms with Crippen molar-refractivity contribution in [2.45, 2.75) is 81.3 Å². The Bertz CT molecular complexity index is 901. The molecule has 8 nitrogen and oxygen atoms in total. The van der Waals surface area contributed by atoms with Crippen molar-refractivity contribution < 1.29 is 39.4 Å². The van der Waals surface area contributed by atoms with Gasteiger partial charge in [0.15, 0.2) is 5.78 Å². The van der Waals surface area contributed by atoms with Gasteiger partial charge in [-0.3, -0.25) is 4.79 Å². The Kier molecular flexibility index (Phi) is 3.43. The Morgan fingerprint density at radius 1 is 1.13 bits per heavy atom. The first-order valence-corrected chi connectivity index (χ1v) is 10.6. The summed E-state index contributed by atoms with van der Waals surface area (Å²) in [5, 5.41) is 44.7. The molecule has 5 fully saturated rings. The zero-order chi connectivity index (χ0) is 21.6. The first-order valence-electron chi connectivity index (χ1n) is 10.6. The predicted octanol–water partition coefficient (Wildman–Crippen LogP) is -0.561. The molecule has 0 bridgehead atoms. The molecular weight excluding hydrogens is 392 g/mol. The van der Waals surface area contributed by atoms with Crippen molar-refractivity contribution in [3.63, 3.8) is 0 Å². The van der Waals surface area contributed by atoms with E-state index in [0.717, 1.165) is 0 Å². The summed E-state index contributed by atoms with van der Waals surface area (Å²) < 4.78 is 17.4. The summed E-state index contributed by atoms with van der Waals surface area (Å²) in [7, 11) is 0. The summed E-state index contributed by atoms with van der Waals surface area (Å²) in [6, 6.07) is 0. The van der Waals surface area contributed by atoms with Gasteiger partial charge in [-0.1, -0.05) is 18.2 Å². The van der Waals surface area contributed by atoms with E-state index in [1.807, 2.05) is 13.8 Å². The van der Waals surface area contributed by atoms with Gasteiger partial charge in [-0.15, -0.1) is 0 Å². The molecule has 3 heterocycles. The van der Waals surface area contributed by atoms with Crippen molar-refractivity contribution in [2.75, 3.05) is 0 Å². The molecule has 0 aromatic carbocycles. The quantitative estimate of drug-likeness (QED) is 0.345. The van der Waals surface area contributed by atoms with Crippen molar-refractivity contribution in [1.82, 2.24) is 0 Å². The van der Waals surface area contributed by atoms with Crippen LogP contribution in [0.1, 0.15) is 27.7 Å². The fourth-order valence-corrected chi connectivity index (χ4v) is 6.90. The molecule has 8 heteroatoms. The van der Waals surface area contributed by atoms with E-state index in [1.54, 1.807) is 32.1 Å². The highest BCUT2D eigenvalue weighted by Gasteiger charge is 2.84. The van der Waals surface area contributed by atoms with E-state index in [4.69, 9.17) is 14.2 Å². The van der Waals surface area contributed by atoms with Gasteiger partial charge in [-0.05, 0) is 27.7 Å². The van der Waals surface area contributed by atoms with Gasteiger partial charge < -0.3 is 34.6 Å². The lowest BCUT2D eigenvalue weighted by atomic mass is 9.46. The summed E-state index contributed by atoms with van der Waals surface area (Å²) >= 11 is 0. The number of hydrogen-bond acceptors (Lipinski definition) is 8. The SMILES string of the molecule is CC(C)(O)/C=C/[C@]12[C@@H]3[C@H](O)[C@H]4O[C@H]4[C@@]1(O)OC(C)(C)[C@@H]2C=C1C(=O)[C@@H]2O[C@@H]2[C@@H](O)[C@@H]13. The van der Waals surface area contributed by atoms with Crippen molar-refractivity contribution in [3.05, 3.63) is 23.8 Å². The second-order valence-electron chi connectivity index (χ2n) is 10.9. The zero-order valence-corrected chi connectivity index (χ0v) is 17.4. The molecule has 3 aliphatic heterocycles. The van der Waals surface area contributed by atoms with Crippen LogP contribution >= 0.6 is 0 Å². The number of fused-ring (bicyclic) bond motifs is 5. The number of aliphatic hydroxyl groups excluding tert-OH is 2. The lowest BCUT2D eigenvalue weighted by molar-refractivity contribution is -0.281. The van der Waals surface area contributed by atoms with Crippen LogP contribution in [0.5, 0.6) is 0 Å². The largest absolute Gasteiger partial charge is 0.390 e. The van der Waals surface area contributed by atoms with Gasteiger partial charge in [0, 0.05) is 23.3 Å². The normalized spacial score (nSPS) is 57.3. The number of carbonyl (C=O) groups is 1. The molecule has 6 rings (SSSR count). The molecule has 0 amide bonds. The second kappa shape index (κ2) is 5.26. The number of carbonyl (C=O) groups excluding carboxylic acids is 1. The molecule has 164 valence electrons. The maximum Gasteiger partial charge on any atom is 0.205 e. The molecule has 3 saturated heterocycles. The molecule has 2 saturated carbocycles. The number of rotatable bonds is 2. The first kappa shape index (κ1) is 19.5. The average molecular weight is 420 g/mol. The Labute approximate surface area is 174 Å². The molecule has 0 unspecified atom stereocenters. The third-order valence-electron chi connectivity index (χ3n) is 8.10. The van der Waals surface area contributed by atoms with E-state index in [2.05, 4.69) is 0 Å². The Morgan fingerprint density at radius 2 is 1.83 bits per heavy atom. The number of Topliss-reactive ketones (excluding diaryl/α,β-unsaturated/α-hetero) is 1. The van der Waals surface area contributed by atoms with E-state index in [0.29, 0.717) is 5.57 Å². The van der Waals surface area contributed by atoms with Crippen molar-refractivity contribution in [1.29, 1.82) is 0 Å². The standard InChI is InChI=1S/C22H28O8/c1-19(2,26)5-6-21-9-7-8-10(13(24)16-15(28-16)12(8)23)11(21)14(25)17-18(29-17)22(21,27)30-20(9,3)4/h5-7,9-11,13-18,24-27H,1-4H3/b6-5+/t9-,10-,11-,13-,14-,15-,16+,17+,18+,21-,22+/m0/s1. The number of epoxide rings is 2. The second-order valence-corrected chi connectivity index (χ2v) is 10.9. The molecule has 30 heavy (non-hydrogen) atoms. The van der Waals surface area contributed by atoms with Crippen LogP contribution in [0.25, 0.3) is 0 Å². The maximum atomic E-state index is 13.0. The minimum atomic E-state index is -1.77. The van der Waals surface area contributed by atoms with Crippen LogP contribution in [0.2, 0.25) is 0 Å². The third kappa shape index (κ3) is 2.09.